The molecule has 0 aliphatic carbocycles. The SMILES string of the molecule is CCC(C(=O)OCc1ncc(-c2ccccc2)o1)c1ccccc1. The van der Waals surface area contributed by atoms with E-state index in [4.69, 9.17) is 9.15 Å². The van der Waals surface area contributed by atoms with E-state index in [1.165, 1.54) is 0 Å². The summed E-state index contributed by atoms with van der Waals surface area (Å²) in [5.74, 6) is 0.528. The molecule has 0 saturated heterocycles. The summed E-state index contributed by atoms with van der Waals surface area (Å²) < 4.78 is 11.0. The summed E-state index contributed by atoms with van der Waals surface area (Å²) in [4.78, 5) is 16.5. The van der Waals surface area contributed by atoms with Gasteiger partial charge in [-0.15, -0.1) is 0 Å². The minimum absolute atomic E-state index is 0.0367. The van der Waals surface area contributed by atoms with Gasteiger partial charge in [0.05, 0.1) is 12.1 Å². The Labute approximate surface area is 141 Å². The van der Waals surface area contributed by atoms with Gasteiger partial charge >= 0.3 is 5.97 Å². The van der Waals surface area contributed by atoms with Crippen molar-refractivity contribution in [2.75, 3.05) is 0 Å². The Kier molecular flexibility index (Phi) is 5.06. The standard InChI is InChI=1S/C20H19NO3/c1-2-17(15-9-5-3-6-10-15)20(22)23-14-19-21-13-18(24-19)16-11-7-4-8-12-16/h3-13,17H,2,14H2,1H3. The first-order chi connectivity index (χ1) is 11.8. The van der Waals surface area contributed by atoms with Crippen molar-refractivity contribution in [1.29, 1.82) is 0 Å². The van der Waals surface area contributed by atoms with Crippen LogP contribution in [0.25, 0.3) is 11.3 Å². The number of esters is 1. The van der Waals surface area contributed by atoms with Crippen LogP contribution in [0.2, 0.25) is 0 Å². The number of hydrogen-bond acceptors (Lipinski definition) is 4. The van der Waals surface area contributed by atoms with E-state index in [0.717, 1.165) is 11.1 Å². The zero-order valence-electron chi connectivity index (χ0n) is 13.5. The molecule has 3 aromatic rings. The van der Waals surface area contributed by atoms with Crippen LogP contribution in [-0.2, 0) is 16.1 Å². The fourth-order valence-electron chi connectivity index (χ4n) is 2.57. The molecule has 2 aromatic carbocycles. The third-order valence-corrected chi connectivity index (χ3v) is 3.84. The molecule has 0 bridgehead atoms. The highest BCUT2D eigenvalue weighted by Gasteiger charge is 2.20. The number of oxazole rings is 1. The van der Waals surface area contributed by atoms with Crippen LogP contribution >= 0.6 is 0 Å². The molecular weight excluding hydrogens is 302 g/mol. The van der Waals surface area contributed by atoms with Gasteiger partial charge < -0.3 is 9.15 Å². The van der Waals surface area contributed by atoms with Gasteiger partial charge in [0.2, 0.25) is 5.89 Å². The highest BCUT2D eigenvalue weighted by Crippen LogP contribution is 2.23. The normalized spacial score (nSPS) is 11.9. The second-order valence-corrected chi connectivity index (χ2v) is 5.46. The van der Waals surface area contributed by atoms with Crippen LogP contribution in [0.5, 0.6) is 0 Å². The lowest BCUT2D eigenvalue weighted by atomic mass is 9.97. The van der Waals surface area contributed by atoms with Crippen molar-refractivity contribution in [2.24, 2.45) is 0 Å². The number of ether oxygens (including phenoxy) is 1. The maximum Gasteiger partial charge on any atom is 0.313 e. The van der Waals surface area contributed by atoms with E-state index in [0.29, 0.717) is 18.1 Å². The van der Waals surface area contributed by atoms with E-state index in [1.807, 2.05) is 67.6 Å². The number of hydrogen-bond donors (Lipinski definition) is 0. The fraction of sp³-hybridized carbons (Fsp3) is 0.200. The second kappa shape index (κ2) is 7.59. The van der Waals surface area contributed by atoms with Crippen molar-refractivity contribution in [3.8, 4) is 11.3 Å². The molecule has 0 aliphatic heterocycles. The molecule has 1 atom stereocenters. The van der Waals surface area contributed by atoms with Crippen LogP contribution in [0.3, 0.4) is 0 Å². The van der Waals surface area contributed by atoms with Gasteiger partial charge in [0, 0.05) is 5.56 Å². The van der Waals surface area contributed by atoms with Gasteiger partial charge in [-0.1, -0.05) is 67.6 Å². The highest BCUT2D eigenvalue weighted by molar-refractivity contribution is 5.78. The number of benzene rings is 2. The first kappa shape index (κ1) is 16.0. The van der Waals surface area contributed by atoms with Gasteiger partial charge in [-0.25, -0.2) is 4.98 Å². The Bertz CT molecular complexity index is 781. The first-order valence-electron chi connectivity index (χ1n) is 7.99. The Morgan fingerprint density at radius 1 is 1.08 bits per heavy atom. The number of rotatable bonds is 6. The highest BCUT2D eigenvalue weighted by atomic mass is 16.5. The van der Waals surface area contributed by atoms with Crippen LogP contribution < -0.4 is 0 Å². The molecule has 122 valence electrons. The largest absolute Gasteiger partial charge is 0.455 e. The second-order valence-electron chi connectivity index (χ2n) is 5.46. The van der Waals surface area contributed by atoms with Gasteiger partial charge in [-0.05, 0) is 12.0 Å². The summed E-state index contributed by atoms with van der Waals surface area (Å²) in [6.45, 7) is 2.01. The lowest BCUT2D eigenvalue weighted by Gasteiger charge is -2.13. The van der Waals surface area contributed by atoms with Crippen LogP contribution in [0.4, 0.5) is 0 Å². The van der Waals surface area contributed by atoms with Gasteiger partial charge in [-0.3, -0.25) is 4.79 Å². The maximum atomic E-state index is 12.3. The van der Waals surface area contributed by atoms with Crippen molar-refractivity contribution in [3.63, 3.8) is 0 Å². The van der Waals surface area contributed by atoms with Gasteiger partial charge in [0.15, 0.2) is 12.4 Å². The van der Waals surface area contributed by atoms with Gasteiger partial charge in [0.1, 0.15) is 0 Å². The van der Waals surface area contributed by atoms with Crippen molar-refractivity contribution >= 4 is 5.97 Å². The fourth-order valence-corrected chi connectivity index (χ4v) is 2.57. The Hall–Kier alpha value is -2.88. The van der Waals surface area contributed by atoms with Gasteiger partial charge in [-0.2, -0.15) is 0 Å². The predicted molar refractivity (Wildman–Crippen MR) is 91.2 cm³/mol. The molecule has 0 fully saturated rings. The molecule has 24 heavy (non-hydrogen) atoms. The summed E-state index contributed by atoms with van der Waals surface area (Å²) in [5.41, 5.74) is 1.90. The zero-order valence-corrected chi connectivity index (χ0v) is 13.5. The molecule has 0 amide bonds. The Balaban J connectivity index is 1.63. The molecule has 0 N–H and O–H groups in total. The van der Waals surface area contributed by atoms with Crippen LogP contribution in [0, 0.1) is 0 Å². The van der Waals surface area contributed by atoms with Crippen LogP contribution in [-0.4, -0.2) is 11.0 Å². The maximum absolute atomic E-state index is 12.3. The van der Waals surface area contributed by atoms with Crippen molar-refractivity contribution in [2.45, 2.75) is 25.9 Å². The summed E-state index contributed by atoms with van der Waals surface area (Å²) in [5, 5.41) is 0. The number of carbonyl (C=O) groups excluding carboxylic acids is 1. The molecule has 0 aliphatic rings. The third kappa shape index (κ3) is 3.71. The predicted octanol–water partition coefficient (Wildman–Crippen LogP) is 4.58. The average molecular weight is 321 g/mol. The van der Waals surface area contributed by atoms with E-state index < -0.39 is 0 Å². The first-order valence-corrected chi connectivity index (χ1v) is 7.99. The molecule has 4 heteroatoms. The molecule has 1 heterocycles. The topological polar surface area (TPSA) is 52.3 Å². The Morgan fingerprint density at radius 3 is 2.42 bits per heavy atom. The molecule has 0 saturated carbocycles. The molecule has 0 spiro atoms. The monoisotopic (exact) mass is 321 g/mol. The van der Waals surface area contributed by atoms with E-state index in [1.54, 1.807) is 6.20 Å². The number of aromatic nitrogens is 1. The third-order valence-electron chi connectivity index (χ3n) is 3.84. The number of carbonyl (C=O) groups is 1. The van der Waals surface area contributed by atoms with Crippen LogP contribution in [0.1, 0.15) is 30.7 Å². The molecule has 1 aromatic heterocycles. The lowest BCUT2D eigenvalue weighted by molar-refractivity contribution is -0.147. The minimum Gasteiger partial charge on any atom is -0.455 e. The van der Waals surface area contributed by atoms with E-state index in [2.05, 4.69) is 4.98 Å². The summed E-state index contributed by atoms with van der Waals surface area (Å²) in [6, 6.07) is 19.3. The van der Waals surface area contributed by atoms with Crippen LogP contribution in [0.15, 0.2) is 71.3 Å². The molecule has 3 rings (SSSR count). The molecular formula is C20H19NO3. The smallest absolute Gasteiger partial charge is 0.313 e. The van der Waals surface area contributed by atoms with E-state index >= 15 is 0 Å². The summed E-state index contributed by atoms with van der Waals surface area (Å²) in [7, 11) is 0. The number of nitrogens with zero attached hydrogens (tertiary/aromatic N) is 1. The Morgan fingerprint density at radius 2 is 1.75 bits per heavy atom. The summed E-state index contributed by atoms with van der Waals surface area (Å²) in [6.07, 6.45) is 2.33. The molecule has 1 unspecified atom stereocenters. The molecule has 0 radical (unpaired) electrons. The minimum atomic E-state index is -0.269. The van der Waals surface area contributed by atoms with E-state index in [-0.39, 0.29) is 18.5 Å². The van der Waals surface area contributed by atoms with E-state index in [9.17, 15) is 4.79 Å². The zero-order chi connectivity index (χ0) is 16.8. The molecule has 4 nitrogen and oxygen atoms in total. The quantitative estimate of drug-likeness (QED) is 0.624. The lowest BCUT2D eigenvalue weighted by Crippen LogP contribution is -2.15. The van der Waals surface area contributed by atoms with Crippen molar-refractivity contribution < 1.29 is 13.9 Å². The van der Waals surface area contributed by atoms with Gasteiger partial charge in [0.25, 0.3) is 0 Å². The summed E-state index contributed by atoms with van der Waals surface area (Å²) >= 11 is 0. The van der Waals surface area contributed by atoms with Crippen molar-refractivity contribution in [1.82, 2.24) is 4.98 Å². The van der Waals surface area contributed by atoms with Crippen molar-refractivity contribution in [3.05, 3.63) is 78.3 Å². The average Bonchev–Trinajstić information content (AvgIpc) is 3.11.